The number of allylic oxidation sites excluding steroid dienone is 3. The number of methoxy groups -OCH3 is 2. The number of likely N-dealkylation sites (tertiary alicyclic amines) is 1. The van der Waals surface area contributed by atoms with E-state index in [2.05, 4.69) is 26.6 Å². The van der Waals surface area contributed by atoms with Crippen LogP contribution in [0.3, 0.4) is 0 Å². The number of alkyl carbamates (subject to hydrolysis) is 1. The molecule has 29 heteroatoms. The summed E-state index contributed by atoms with van der Waals surface area (Å²) in [5.41, 5.74) is -1.18. The number of hydrogen-bond acceptors (Lipinski definition) is 19. The maximum Gasteiger partial charge on any atom is 0.409 e. The fraction of sp³-hybridized carbons (Fsp3) is 0.650. The lowest BCUT2D eigenvalue weighted by molar-refractivity contribution is -0.162. The van der Waals surface area contributed by atoms with Gasteiger partial charge in [-0.15, -0.1) is 23.5 Å². The Kier molecular flexibility index (Phi) is 27.6. The Hall–Kier alpha value is -6.46. The van der Waals surface area contributed by atoms with Gasteiger partial charge in [0.15, 0.2) is 5.72 Å². The van der Waals surface area contributed by atoms with Gasteiger partial charge in [0, 0.05) is 65.8 Å². The molecule has 1 aromatic carbocycles. The Labute approximate surface area is 532 Å². The molecule has 3 fully saturated rings. The molecule has 1 unspecified atom stereocenters. The second kappa shape index (κ2) is 33.6. The number of epoxide rings is 1. The Morgan fingerprint density at radius 1 is 0.888 bits per heavy atom. The summed E-state index contributed by atoms with van der Waals surface area (Å²) < 4.78 is 29.5. The summed E-state index contributed by atoms with van der Waals surface area (Å²) in [5.74, 6) is -4.51. The second-order valence-electron chi connectivity index (χ2n) is 23.1. The summed E-state index contributed by atoms with van der Waals surface area (Å²) in [5, 5.41) is 33.2. The molecule has 9 amide bonds. The number of carboxylic acid groups (broad SMARTS) is 1. The number of carbonyl (C=O) groups is 11. The molecule has 26 nitrogen and oxygen atoms in total. The zero-order valence-electron chi connectivity index (χ0n) is 52.4. The van der Waals surface area contributed by atoms with Gasteiger partial charge < -0.3 is 65.0 Å². The van der Waals surface area contributed by atoms with Crippen molar-refractivity contribution in [3.05, 3.63) is 46.5 Å². The zero-order chi connectivity index (χ0) is 66.1. The Bertz CT molecular complexity index is 2850. The molecule has 0 aromatic heterocycles. The predicted molar refractivity (Wildman–Crippen MR) is 331 cm³/mol. The molecule has 5 rings (SSSR count). The molecule has 3 saturated heterocycles. The van der Waals surface area contributed by atoms with Crippen LogP contribution in [0.15, 0.2) is 35.9 Å². The average molecular weight is 1310 g/mol. The number of anilines is 1. The van der Waals surface area contributed by atoms with Gasteiger partial charge in [-0.2, -0.15) is 0 Å². The third-order valence-electron chi connectivity index (χ3n) is 16.2. The minimum atomic E-state index is -1.89. The maximum absolute atomic E-state index is 14.4. The van der Waals surface area contributed by atoms with Gasteiger partial charge in [0.05, 0.1) is 36.4 Å². The van der Waals surface area contributed by atoms with E-state index in [0.717, 1.165) is 16.0 Å². The van der Waals surface area contributed by atoms with Gasteiger partial charge in [-0.1, -0.05) is 48.7 Å². The number of carboxylic acids is 1. The largest absolute Gasteiger partial charge is 0.495 e. The summed E-state index contributed by atoms with van der Waals surface area (Å²) >= 11 is 9.50. The lowest BCUT2D eigenvalue weighted by Crippen LogP contribution is -2.63. The van der Waals surface area contributed by atoms with Gasteiger partial charge in [-0.05, 0) is 103 Å². The van der Waals surface area contributed by atoms with E-state index in [1.807, 2.05) is 13.0 Å². The highest BCUT2D eigenvalue weighted by Gasteiger charge is 2.64. The van der Waals surface area contributed by atoms with E-state index in [-0.39, 0.29) is 80.1 Å². The zero-order valence-corrected chi connectivity index (χ0v) is 54.8. The van der Waals surface area contributed by atoms with Crippen LogP contribution in [-0.2, 0) is 73.3 Å². The van der Waals surface area contributed by atoms with Crippen molar-refractivity contribution in [3.8, 4) is 5.75 Å². The summed E-state index contributed by atoms with van der Waals surface area (Å²) in [7, 11) is 5.91. The molecule has 0 spiro atoms. The third-order valence-corrected chi connectivity index (χ3v) is 18.8. The van der Waals surface area contributed by atoms with Crippen LogP contribution in [0.5, 0.6) is 5.75 Å². The number of halogens is 1. The van der Waals surface area contributed by atoms with Crippen LogP contribution in [0.4, 0.5) is 10.5 Å². The van der Waals surface area contributed by atoms with E-state index >= 15 is 0 Å². The topological polar surface area (TPSA) is 348 Å². The average Bonchev–Trinajstić information content (AvgIpc) is 1.60. The van der Waals surface area contributed by atoms with Crippen molar-refractivity contribution >= 4 is 106 Å². The molecule has 89 heavy (non-hydrogen) atoms. The molecule has 12 atom stereocenters. The van der Waals surface area contributed by atoms with Crippen molar-refractivity contribution < 1.29 is 86.6 Å². The quantitative estimate of drug-likeness (QED) is 0.0206. The van der Waals surface area contributed by atoms with E-state index in [4.69, 9.17) is 40.4 Å². The number of thioether (sulfide) groups is 2. The second-order valence-corrected chi connectivity index (χ2v) is 25.9. The van der Waals surface area contributed by atoms with E-state index in [1.54, 1.807) is 45.2 Å². The van der Waals surface area contributed by atoms with E-state index in [9.17, 15) is 57.8 Å². The highest BCUT2D eigenvalue weighted by molar-refractivity contribution is 8.00. The molecular weight excluding hydrogens is 1220 g/mol. The molecule has 4 aliphatic heterocycles. The number of esters is 1. The van der Waals surface area contributed by atoms with Crippen molar-refractivity contribution in [1.29, 1.82) is 0 Å². The number of likely N-dealkylation sites (N-methyl/N-ethyl adjacent to an activating group) is 1. The predicted octanol–water partition coefficient (Wildman–Crippen LogP) is 3.90. The van der Waals surface area contributed by atoms with E-state index in [1.165, 1.54) is 82.3 Å². The number of unbranched alkanes of at least 4 members (excludes halogenated alkanes) is 2. The van der Waals surface area contributed by atoms with Crippen LogP contribution in [0.25, 0.3) is 0 Å². The van der Waals surface area contributed by atoms with Crippen molar-refractivity contribution in [1.82, 2.24) is 36.4 Å². The Morgan fingerprint density at radius 2 is 1.56 bits per heavy atom. The summed E-state index contributed by atoms with van der Waals surface area (Å²) in [6, 6.07) is -0.551. The number of aliphatic carboxylic acids is 1. The number of carbonyl (C=O) groups excluding carboxylic acids is 10. The van der Waals surface area contributed by atoms with Crippen molar-refractivity contribution in [2.24, 2.45) is 5.92 Å². The monoisotopic (exact) mass is 1310 g/mol. The Balaban J connectivity index is 1.04. The molecule has 0 saturated carbocycles. The third kappa shape index (κ3) is 20.5. The molecule has 7 N–H and O–H groups in total. The molecule has 4 heterocycles. The minimum Gasteiger partial charge on any atom is -0.495 e. The lowest BCUT2D eigenvalue weighted by atomic mass is 9.83. The number of rotatable bonds is 28. The van der Waals surface area contributed by atoms with Crippen LogP contribution in [0.1, 0.15) is 125 Å². The number of amides is 9. The maximum atomic E-state index is 14.4. The van der Waals surface area contributed by atoms with Crippen LogP contribution in [-0.4, -0.2) is 203 Å². The molecule has 4 bridgehead atoms. The smallest absolute Gasteiger partial charge is 0.409 e. The van der Waals surface area contributed by atoms with Crippen LogP contribution >= 0.6 is 35.1 Å². The summed E-state index contributed by atoms with van der Waals surface area (Å²) in [6.07, 6.45) is 2.75. The minimum absolute atomic E-state index is 0.00464. The summed E-state index contributed by atoms with van der Waals surface area (Å²) in [6.45, 7) is 11.3. The number of nitrogens with one attached hydrogen (secondary N) is 5. The lowest BCUT2D eigenvalue weighted by Gasteiger charge is -2.42. The SMILES string of the molecule is COc1cc2cc(c1Cl)N(C)C(=O)C[C@H](OC(=O)[C@H](C)N(C)C(=O)CCCCCSCNC(=O)[C@H](C)NC(=O)[C@@H](C)NC(=O)[C@H](C)NC(=O)CCCSC1CC(=O)N(CCCC(=O)O)C1=O)[C@]1(C)O[C@H]1[C@H](C)[C@@H]1C[C@@](O)(NC(=O)O1)[C@H](OC)/C=C\C=C(\C)C2. The van der Waals surface area contributed by atoms with Gasteiger partial charge >= 0.3 is 18.0 Å². The number of benzene rings is 1. The molecule has 494 valence electrons. The summed E-state index contributed by atoms with van der Waals surface area (Å²) in [4.78, 5) is 145. The van der Waals surface area contributed by atoms with Crippen LogP contribution in [0.2, 0.25) is 5.02 Å². The van der Waals surface area contributed by atoms with Gasteiger partial charge in [-0.3, -0.25) is 53.4 Å². The first-order valence-corrected chi connectivity index (χ1v) is 32.3. The van der Waals surface area contributed by atoms with Crippen LogP contribution in [0, 0.1) is 5.92 Å². The van der Waals surface area contributed by atoms with Gasteiger partial charge in [0.2, 0.25) is 47.3 Å². The highest BCUT2D eigenvalue weighted by Crippen LogP contribution is 2.49. The van der Waals surface area contributed by atoms with Crippen molar-refractivity contribution in [2.45, 2.75) is 191 Å². The molecule has 4 aliphatic rings. The molecule has 1 aromatic rings. The number of imide groups is 1. The fourth-order valence-electron chi connectivity index (χ4n) is 10.5. The number of fused-ring (bicyclic) bond motifs is 5. The van der Waals surface area contributed by atoms with E-state index in [0.29, 0.717) is 55.0 Å². The van der Waals surface area contributed by atoms with Crippen molar-refractivity contribution in [3.63, 3.8) is 0 Å². The first-order valence-electron chi connectivity index (χ1n) is 29.7. The van der Waals surface area contributed by atoms with Gasteiger partial charge in [-0.25, -0.2) is 9.59 Å². The number of nitrogens with zero attached hydrogens (tertiary/aromatic N) is 3. The number of ether oxygens (including phenoxy) is 5. The van der Waals surface area contributed by atoms with Gasteiger partial charge in [0.1, 0.15) is 58.9 Å². The highest BCUT2D eigenvalue weighted by atomic mass is 35.5. The van der Waals surface area contributed by atoms with Crippen LogP contribution < -0.4 is 36.2 Å². The first-order chi connectivity index (χ1) is 41.9. The first kappa shape index (κ1) is 73.3. The number of hydrogen-bond donors (Lipinski definition) is 7. The van der Waals surface area contributed by atoms with E-state index < -0.39 is 119 Å². The normalized spacial score (nSPS) is 25.9. The molecule has 0 aliphatic carbocycles. The molecule has 0 radical (unpaired) electrons. The Morgan fingerprint density at radius 3 is 2.22 bits per heavy atom. The van der Waals surface area contributed by atoms with Gasteiger partial charge in [0.25, 0.3) is 0 Å². The number of aliphatic hydroxyl groups is 1. The standard InChI is InChI=1S/C60H87ClN8O18S2/c1-33-18-15-19-44(84-11)60(82)31-42(85-58(81)66-60)34(2)52-59(7,87-52)45(30-48(72)68(9)40-27-39(26-33)28-41(83-10)51(40)61)86-57(80)38(6)67(8)47(71)21-13-12-14-24-88-32-62-53(76)35(3)64-55(78)37(5)65-54(77)36(4)63-46(70)20-17-25-89-43-29-49(73)69(56(43)79)23-16-22-50(74)75/h15,18-19,27-28,34-38,42-45,52,82H,12-14,16-17,20-26,29-32H2,1-11H3,(H,62,76)(H,63,70)(H,64,78)(H,65,77)(H,66,81)(H,74,75)/b19-15-,33-18-/t34-,35+,36+,37-,38+,42+,43?,44-,45+,52+,59+,60+/m1/s1. The van der Waals surface area contributed by atoms with Crippen molar-refractivity contribution in [2.75, 3.05) is 57.1 Å². The molecular formula is C60H87ClN8O18S2. The fourth-order valence-corrected chi connectivity index (χ4v) is 12.7.